The average Bonchev–Trinajstić information content (AvgIpc) is 2.72. The molecule has 2 aromatic rings. The lowest BCUT2D eigenvalue weighted by atomic mass is 9.46. The summed E-state index contributed by atoms with van der Waals surface area (Å²) in [4.78, 5) is 0. The Kier molecular flexibility index (Phi) is 5.46. The van der Waals surface area contributed by atoms with Gasteiger partial charge < -0.3 is 0 Å². The molecule has 29 heavy (non-hydrogen) atoms. The molecule has 3 saturated carbocycles. The first-order chi connectivity index (χ1) is 13.8. The molecule has 0 N–H and O–H groups in total. The second-order valence-corrected chi connectivity index (χ2v) is 14.7. The van der Waals surface area contributed by atoms with E-state index in [9.17, 15) is 0 Å². The van der Waals surface area contributed by atoms with Gasteiger partial charge in [-0.15, -0.1) is 5.54 Å². The Bertz CT molecular complexity index is 972. The highest BCUT2D eigenvalue weighted by Crippen LogP contribution is 2.62. The van der Waals surface area contributed by atoms with Crippen molar-refractivity contribution in [3.63, 3.8) is 0 Å². The molecule has 3 aliphatic rings. The second kappa shape index (κ2) is 7.89. The lowest BCUT2D eigenvalue weighted by Crippen LogP contribution is -2.53. The molecular formula is C28H32Si. The molecule has 0 nitrogen and oxygen atoms in total. The van der Waals surface area contributed by atoms with Crippen LogP contribution in [0.4, 0.5) is 0 Å². The smallest absolute Gasteiger partial charge is 0.126 e. The zero-order valence-corrected chi connectivity index (χ0v) is 19.3. The number of rotatable bonds is 2. The molecule has 0 saturated heterocycles. The first-order valence-corrected chi connectivity index (χ1v) is 14.2. The quantitative estimate of drug-likeness (QED) is 0.389. The Hall–Kier alpha value is -2.22. The van der Waals surface area contributed by atoms with E-state index in [1.165, 1.54) is 25.3 Å². The van der Waals surface area contributed by atoms with Gasteiger partial charge in [-0.25, -0.2) is 0 Å². The maximum absolute atomic E-state index is 3.72. The normalized spacial score (nSPS) is 24.3. The molecule has 5 rings (SSSR count). The zero-order valence-electron chi connectivity index (χ0n) is 18.3. The molecule has 0 radical (unpaired) electrons. The molecule has 0 aliphatic heterocycles. The van der Waals surface area contributed by atoms with Crippen molar-refractivity contribution in [1.82, 2.24) is 0 Å². The van der Waals surface area contributed by atoms with Crippen molar-refractivity contribution >= 4 is 8.07 Å². The summed E-state index contributed by atoms with van der Waals surface area (Å²) in [5.74, 6) is 12.8. The number of benzene rings is 2. The van der Waals surface area contributed by atoms with E-state index in [2.05, 4.69) is 74.5 Å². The van der Waals surface area contributed by atoms with Crippen LogP contribution in [0.15, 0.2) is 54.6 Å². The number of fused-ring (bicyclic) bond motifs is 2. The minimum absolute atomic E-state index is 0.581. The van der Waals surface area contributed by atoms with Crippen LogP contribution in [0, 0.1) is 46.5 Å². The fourth-order valence-corrected chi connectivity index (χ4v) is 7.84. The van der Waals surface area contributed by atoms with Crippen LogP contribution in [0.1, 0.15) is 49.8 Å². The van der Waals surface area contributed by atoms with Crippen LogP contribution in [-0.2, 0) is 0 Å². The summed E-state index contributed by atoms with van der Waals surface area (Å²) in [6, 6.07) is 19.9. The minimum atomic E-state index is -1.52. The summed E-state index contributed by atoms with van der Waals surface area (Å²) in [5.41, 5.74) is 7.50. The Morgan fingerprint density at radius 3 is 2.00 bits per heavy atom. The second-order valence-electron chi connectivity index (χ2n) is 10.2. The summed E-state index contributed by atoms with van der Waals surface area (Å²) in [6.45, 7) is 9.91. The van der Waals surface area contributed by atoms with E-state index in [-0.39, 0.29) is 0 Å². The molecule has 0 heterocycles. The van der Waals surface area contributed by atoms with Crippen molar-refractivity contribution in [1.29, 1.82) is 0 Å². The molecule has 3 atom stereocenters. The van der Waals surface area contributed by atoms with Gasteiger partial charge in [-0.05, 0) is 78.5 Å². The van der Waals surface area contributed by atoms with Gasteiger partial charge in [0, 0.05) is 16.7 Å². The highest BCUT2D eigenvalue weighted by atomic mass is 28.3. The summed E-state index contributed by atoms with van der Waals surface area (Å²) < 4.78 is 0. The Morgan fingerprint density at radius 2 is 1.41 bits per heavy atom. The monoisotopic (exact) mass is 396 g/mol. The van der Waals surface area contributed by atoms with Gasteiger partial charge in [0.1, 0.15) is 8.07 Å². The van der Waals surface area contributed by atoms with E-state index >= 15 is 0 Å². The third-order valence-electron chi connectivity index (χ3n) is 7.33. The molecule has 3 fully saturated rings. The third-order valence-corrected chi connectivity index (χ3v) is 9.68. The lowest BCUT2D eigenvalue weighted by Gasteiger charge is -2.60. The van der Waals surface area contributed by atoms with Crippen molar-refractivity contribution in [3.05, 3.63) is 71.3 Å². The van der Waals surface area contributed by atoms with Gasteiger partial charge >= 0.3 is 0 Å². The van der Waals surface area contributed by atoms with Crippen LogP contribution in [0.3, 0.4) is 0 Å². The molecule has 2 bridgehead atoms. The van der Waals surface area contributed by atoms with Crippen LogP contribution in [0.25, 0.3) is 0 Å². The predicted octanol–water partition coefficient (Wildman–Crippen LogP) is 6.76. The van der Waals surface area contributed by atoms with Crippen LogP contribution in [0.5, 0.6) is 0 Å². The summed E-state index contributed by atoms with van der Waals surface area (Å²) in [6.07, 6.45) is 4.35. The van der Waals surface area contributed by atoms with Crippen molar-refractivity contribution < 1.29 is 0 Å². The molecule has 0 spiro atoms. The van der Waals surface area contributed by atoms with Gasteiger partial charge in [0.15, 0.2) is 0 Å². The first kappa shape index (κ1) is 20.1. The molecule has 0 amide bonds. The van der Waals surface area contributed by atoms with Gasteiger partial charge in [-0.2, -0.15) is 0 Å². The molecule has 2 aromatic carbocycles. The highest BCUT2D eigenvalue weighted by Gasteiger charge is 2.54. The Balaban J connectivity index is 1.40. The maximum Gasteiger partial charge on any atom is 0.133 e. The summed E-state index contributed by atoms with van der Waals surface area (Å²) in [7, 11) is -1.52. The van der Waals surface area contributed by atoms with Crippen molar-refractivity contribution in [2.75, 3.05) is 0 Å². The Labute approximate surface area is 178 Å². The predicted molar refractivity (Wildman–Crippen MR) is 126 cm³/mol. The first-order valence-electron chi connectivity index (χ1n) is 11.0. The van der Waals surface area contributed by atoms with E-state index in [1.54, 1.807) is 0 Å². The lowest BCUT2D eigenvalue weighted by molar-refractivity contribution is -0.0990. The Morgan fingerprint density at radius 1 is 0.828 bits per heavy atom. The minimum Gasteiger partial charge on any atom is -0.126 e. The van der Waals surface area contributed by atoms with Crippen LogP contribution < -0.4 is 0 Å². The van der Waals surface area contributed by atoms with Gasteiger partial charge in [0.2, 0.25) is 0 Å². The van der Waals surface area contributed by atoms with E-state index in [4.69, 9.17) is 0 Å². The molecule has 148 valence electrons. The van der Waals surface area contributed by atoms with Crippen molar-refractivity contribution in [3.8, 4) is 23.3 Å². The standard InChI is InChI=1S/C28H32Si/c1-28(2)26-17-16-25(27(28)20-26)21-29(3,4)19-18-24-14-12-23(13-15-24)11-10-22-8-6-5-7-9-22/h5-9,12-15,25-27H,16-17,20-21H2,1-4H3. The van der Waals surface area contributed by atoms with E-state index in [0.29, 0.717) is 5.41 Å². The van der Waals surface area contributed by atoms with E-state index in [0.717, 1.165) is 34.4 Å². The van der Waals surface area contributed by atoms with Gasteiger partial charge in [-0.1, -0.05) is 69.3 Å². The van der Waals surface area contributed by atoms with E-state index in [1.807, 2.05) is 30.3 Å². The fourth-order valence-electron chi connectivity index (χ4n) is 5.46. The summed E-state index contributed by atoms with van der Waals surface area (Å²) >= 11 is 0. The average molecular weight is 397 g/mol. The SMILES string of the molecule is CC1(C)C2CCC(C[Si](C)(C)C#Cc3ccc(C#Cc4ccccc4)cc3)C1C2. The number of hydrogen-bond donors (Lipinski definition) is 0. The van der Waals surface area contributed by atoms with Gasteiger partial charge in [-0.3, -0.25) is 0 Å². The number of hydrogen-bond acceptors (Lipinski definition) is 0. The van der Waals surface area contributed by atoms with Gasteiger partial charge in [0.25, 0.3) is 0 Å². The van der Waals surface area contributed by atoms with Gasteiger partial charge in [0.05, 0.1) is 0 Å². The largest absolute Gasteiger partial charge is 0.133 e. The third kappa shape index (κ3) is 4.52. The van der Waals surface area contributed by atoms with Crippen LogP contribution >= 0.6 is 0 Å². The molecular weight excluding hydrogens is 364 g/mol. The maximum atomic E-state index is 3.72. The summed E-state index contributed by atoms with van der Waals surface area (Å²) in [5, 5.41) is 0. The fraction of sp³-hybridized carbons (Fsp3) is 0.429. The molecule has 1 heteroatoms. The van der Waals surface area contributed by atoms with Crippen molar-refractivity contribution in [2.24, 2.45) is 23.2 Å². The molecule has 3 unspecified atom stereocenters. The zero-order chi connectivity index (χ0) is 20.5. The van der Waals surface area contributed by atoms with Crippen LogP contribution in [0.2, 0.25) is 19.1 Å². The van der Waals surface area contributed by atoms with Crippen molar-refractivity contribution in [2.45, 2.75) is 52.2 Å². The highest BCUT2D eigenvalue weighted by molar-refractivity contribution is 6.85. The van der Waals surface area contributed by atoms with E-state index < -0.39 is 8.07 Å². The topological polar surface area (TPSA) is 0 Å². The molecule has 3 aliphatic carbocycles. The van der Waals surface area contributed by atoms with Crippen LogP contribution in [-0.4, -0.2) is 8.07 Å². The molecule has 0 aromatic heterocycles.